The van der Waals surface area contributed by atoms with E-state index < -0.39 is 28.3 Å². The normalized spacial score (nSPS) is 34.8. The Balaban J connectivity index is 1.74. The van der Waals surface area contributed by atoms with Crippen molar-refractivity contribution in [2.45, 2.75) is 44.2 Å². The van der Waals surface area contributed by atoms with Crippen molar-refractivity contribution in [2.75, 3.05) is 59.0 Å². The Hall–Kier alpha value is -0.820. The van der Waals surface area contributed by atoms with E-state index in [-0.39, 0.29) is 6.54 Å². The van der Waals surface area contributed by atoms with Gasteiger partial charge < -0.3 is 9.47 Å². The van der Waals surface area contributed by atoms with Gasteiger partial charge in [-0.25, -0.2) is 9.21 Å². The molecule has 0 aliphatic carbocycles. The lowest BCUT2D eigenvalue weighted by molar-refractivity contribution is -0.301. The molecule has 4 rings (SSSR count). The number of amides is 1. The zero-order valence-electron chi connectivity index (χ0n) is 16.2. The number of hydrogen-bond donors (Lipinski definition) is 1. The molecule has 0 spiro atoms. The van der Waals surface area contributed by atoms with Gasteiger partial charge in [-0.15, -0.1) is 0 Å². The summed E-state index contributed by atoms with van der Waals surface area (Å²) >= 11 is 0. The number of piperidine rings is 1. The lowest BCUT2D eigenvalue weighted by atomic mass is 10.1. The molecule has 0 aromatic rings. The van der Waals surface area contributed by atoms with E-state index in [1.807, 2.05) is 9.80 Å². The molecule has 2 atom stereocenters. The van der Waals surface area contributed by atoms with Crippen LogP contribution in [0.2, 0.25) is 0 Å². The highest BCUT2D eigenvalue weighted by Crippen LogP contribution is 2.36. The summed E-state index contributed by atoms with van der Waals surface area (Å²) < 4.78 is 46.7. The van der Waals surface area contributed by atoms with Crippen molar-refractivity contribution < 1.29 is 27.2 Å². The van der Waals surface area contributed by atoms with Gasteiger partial charge in [0.25, 0.3) is 5.85 Å². The van der Waals surface area contributed by atoms with E-state index in [4.69, 9.17) is 9.47 Å². The molecule has 0 saturated carbocycles. The van der Waals surface area contributed by atoms with Crippen molar-refractivity contribution in [1.29, 1.82) is 0 Å². The topological polar surface area (TPSA) is 103 Å². The SMILES string of the molecule is O=C1N(S(=O)(=O)O)CC(N2CCCCC2)OC1(N1CCCC1)N1CCOCC1. The van der Waals surface area contributed by atoms with Crippen LogP contribution in [-0.2, 0) is 24.6 Å². The van der Waals surface area contributed by atoms with Crippen molar-refractivity contribution in [1.82, 2.24) is 19.0 Å². The van der Waals surface area contributed by atoms with E-state index in [1.54, 1.807) is 0 Å². The van der Waals surface area contributed by atoms with E-state index >= 15 is 0 Å². The molecule has 0 radical (unpaired) electrons. The largest absolute Gasteiger partial charge is 0.379 e. The molecule has 4 fully saturated rings. The maximum atomic E-state index is 13.5. The van der Waals surface area contributed by atoms with Gasteiger partial charge in [0, 0.05) is 39.3 Å². The first-order valence-electron chi connectivity index (χ1n) is 10.2. The number of carbonyl (C=O) groups is 1. The third-order valence-corrected chi connectivity index (χ3v) is 7.05. The molecule has 1 N–H and O–H groups in total. The fourth-order valence-corrected chi connectivity index (χ4v) is 5.41. The number of nitrogens with zero attached hydrogens (tertiary/aromatic N) is 4. The first kappa shape index (κ1) is 20.5. The van der Waals surface area contributed by atoms with Crippen LogP contribution in [0.15, 0.2) is 0 Å². The Kier molecular flexibility index (Phi) is 5.94. The van der Waals surface area contributed by atoms with Gasteiger partial charge in [-0.3, -0.25) is 19.1 Å². The average molecular weight is 419 g/mol. The summed E-state index contributed by atoms with van der Waals surface area (Å²) in [6, 6.07) is 0. The lowest BCUT2D eigenvalue weighted by Crippen LogP contribution is -2.77. The van der Waals surface area contributed by atoms with Crippen molar-refractivity contribution in [3.63, 3.8) is 0 Å². The van der Waals surface area contributed by atoms with Crippen molar-refractivity contribution >= 4 is 16.2 Å². The molecule has 0 aromatic heterocycles. The quantitative estimate of drug-likeness (QED) is 0.608. The number of rotatable bonds is 4. The highest BCUT2D eigenvalue weighted by atomic mass is 32.2. The predicted molar refractivity (Wildman–Crippen MR) is 99.5 cm³/mol. The van der Waals surface area contributed by atoms with Gasteiger partial charge >= 0.3 is 16.2 Å². The molecule has 2 unspecified atom stereocenters. The van der Waals surface area contributed by atoms with Crippen LogP contribution in [0.5, 0.6) is 0 Å². The molecule has 160 valence electrons. The van der Waals surface area contributed by atoms with Crippen LogP contribution >= 0.6 is 0 Å². The fourth-order valence-electron chi connectivity index (χ4n) is 4.77. The van der Waals surface area contributed by atoms with Crippen molar-refractivity contribution in [3.8, 4) is 0 Å². The maximum absolute atomic E-state index is 13.5. The zero-order chi connectivity index (χ0) is 19.8. The molecule has 4 heterocycles. The average Bonchev–Trinajstić information content (AvgIpc) is 3.24. The third-order valence-electron chi connectivity index (χ3n) is 6.18. The van der Waals surface area contributed by atoms with E-state index in [0.29, 0.717) is 43.7 Å². The van der Waals surface area contributed by atoms with E-state index in [0.717, 1.165) is 45.2 Å². The maximum Gasteiger partial charge on any atom is 0.362 e. The molecule has 0 aromatic carbocycles. The van der Waals surface area contributed by atoms with Crippen LogP contribution in [0.25, 0.3) is 0 Å². The molecule has 4 aliphatic rings. The third kappa shape index (κ3) is 3.69. The first-order valence-corrected chi connectivity index (χ1v) is 11.6. The Morgan fingerprint density at radius 2 is 1.46 bits per heavy atom. The van der Waals surface area contributed by atoms with Gasteiger partial charge in [-0.2, -0.15) is 8.42 Å². The Labute approximate surface area is 166 Å². The predicted octanol–water partition coefficient (Wildman–Crippen LogP) is -0.458. The van der Waals surface area contributed by atoms with Crippen LogP contribution in [-0.4, -0.2) is 109 Å². The van der Waals surface area contributed by atoms with E-state index in [2.05, 4.69) is 4.90 Å². The van der Waals surface area contributed by atoms with Crippen LogP contribution in [0.3, 0.4) is 0 Å². The Morgan fingerprint density at radius 1 is 0.893 bits per heavy atom. The van der Waals surface area contributed by atoms with Crippen LogP contribution < -0.4 is 0 Å². The summed E-state index contributed by atoms with van der Waals surface area (Å²) in [6.45, 7) is 4.53. The number of carbonyl (C=O) groups excluding carboxylic acids is 1. The fraction of sp³-hybridized carbons (Fsp3) is 0.941. The summed E-state index contributed by atoms with van der Waals surface area (Å²) in [5.41, 5.74) is 0. The lowest BCUT2D eigenvalue weighted by Gasteiger charge is -2.55. The molecule has 11 heteroatoms. The molecule has 4 aliphatic heterocycles. The smallest absolute Gasteiger partial charge is 0.362 e. The number of ether oxygens (including phenoxy) is 2. The summed E-state index contributed by atoms with van der Waals surface area (Å²) in [5.74, 6) is -2.23. The summed E-state index contributed by atoms with van der Waals surface area (Å²) in [7, 11) is -4.69. The van der Waals surface area contributed by atoms with Gasteiger partial charge in [-0.05, 0) is 25.7 Å². The van der Waals surface area contributed by atoms with E-state index in [9.17, 15) is 17.8 Å². The zero-order valence-corrected chi connectivity index (χ0v) is 17.0. The molecular weight excluding hydrogens is 388 g/mol. The number of hydrogen-bond acceptors (Lipinski definition) is 8. The molecule has 4 saturated heterocycles. The van der Waals surface area contributed by atoms with Gasteiger partial charge in [-0.1, -0.05) is 6.42 Å². The standard InChI is InChI=1S/C17H30N4O6S/c22-16-17(19-8-4-5-9-19,20-10-12-26-13-11-20)27-15(14-21(16)28(23,24)25)18-6-2-1-3-7-18/h15H,1-14H2,(H,23,24,25). The van der Waals surface area contributed by atoms with Crippen molar-refractivity contribution in [2.24, 2.45) is 0 Å². The monoisotopic (exact) mass is 418 g/mol. The first-order chi connectivity index (χ1) is 13.4. The van der Waals surface area contributed by atoms with Gasteiger partial charge in [0.15, 0.2) is 0 Å². The van der Waals surface area contributed by atoms with Crippen LogP contribution in [0.1, 0.15) is 32.1 Å². The number of morpholine rings is 2. The summed E-state index contributed by atoms with van der Waals surface area (Å²) in [6.07, 6.45) is 4.40. The Morgan fingerprint density at radius 3 is 2.07 bits per heavy atom. The molecule has 28 heavy (non-hydrogen) atoms. The minimum absolute atomic E-state index is 0.183. The Bertz CT molecular complexity index is 673. The summed E-state index contributed by atoms with van der Waals surface area (Å²) in [4.78, 5) is 19.5. The highest BCUT2D eigenvalue weighted by Gasteiger charge is 2.60. The summed E-state index contributed by atoms with van der Waals surface area (Å²) in [5, 5.41) is 0. The molecular formula is C17H30N4O6S. The second kappa shape index (κ2) is 8.13. The van der Waals surface area contributed by atoms with Gasteiger partial charge in [0.05, 0.1) is 19.8 Å². The molecule has 0 bridgehead atoms. The van der Waals surface area contributed by atoms with Crippen LogP contribution in [0, 0.1) is 0 Å². The second-order valence-electron chi connectivity index (χ2n) is 7.89. The van der Waals surface area contributed by atoms with E-state index in [1.165, 1.54) is 0 Å². The minimum atomic E-state index is -4.69. The molecule has 10 nitrogen and oxygen atoms in total. The second-order valence-corrected chi connectivity index (χ2v) is 9.22. The molecule has 1 amide bonds. The number of likely N-dealkylation sites (tertiary alicyclic amines) is 2. The van der Waals surface area contributed by atoms with Crippen molar-refractivity contribution in [3.05, 3.63) is 0 Å². The highest BCUT2D eigenvalue weighted by molar-refractivity contribution is 7.84. The van der Waals surface area contributed by atoms with Crippen LogP contribution in [0.4, 0.5) is 0 Å². The van der Waals surface area contributed by atoms with Gasteiger partial charge in [0.2, 0.25) is 0 Å². The minimum Gasteiger partial charge on any atom is -0.379 e. The van der Waals surface area contributed by atoms with Gasteiger partial charge in [0.1, 0.15) is 6.23 Å².